The molecule has 5 rings (SSSR count). The molecule has 2 heterocycles. The zero-order valence-electron chi connectivity index (χ0n) is 17.4. The third kappa shape index (κ3) is 3.18. The van der Waals surface area contributed by atoms with Gasteiger partial charge in [0, 0.05) is 29.8 Å². The van der Waals surface area contributed by atoms with Gasteiger partial charge in [0.15, 0.2) is 0 Å². The molecule has 0 aliphatic heterocycles. The van der Waals surface area contributed by atoms with Crippen molar-refractivity contribution in [3.05, 3.63) is 63.3 Å². The fourth-order valence-corrected chi connectivity index (χ4v) is 4.43. The number of hydrogen-bond acceptors (Lipinski definition) is 4. The molecule has 2 aliphatic rings. The lowest BCUT2D eigenvalue weighted by Gasteiger charge is -2.20. The molecule has 0 spiro atoms. The summed E-state index contributed by atoms with van der Waals surface area (Å²) in [5.74, 6) is 0.839. The molecule has 1 saturated carbocycles. The van der Waals surface area contributed by atoms with Crippen molar-refractivity contribution in [2.45, 2.75) is 57.0 Å². The predicted octanol–water partition coefficient (Wildman–Crippen LogP) is 4.43. The number of aromatic nitrogens is 3. The zero-order chi connectivity index (χ0) is 22.0. The summed E-state index contributed by atoms with van der Waals surface area (Å²) in [6.45, 7) is 3.78. The zero-order valence-corrected chi connectivity index (χ0v) is 17.4. The molecule has 0 saturated heterocycles. The lowest BCUT2D eigenvalue weighted by molar-refractivity contribution is -0.00184. The standard InChI is InChI=1S/C24H22F2N4O/c1-4-19(16-6-5-7-18-15(16)8-9-24(18,25)26)29-22-17-13-30(23(3)10-11-23)21(31)12-20(17)27-14(2)28-22/h1,5-7,12-13,19H,8-11H2,2-3H3,(H,27,28,29)/t19-/m1/s1. The van der Waals surface area contributed by atoms with Crippen molar-refractivity contribution in [3.63, 3.8) is 0 Å². The van der Waals surface area contributed by atoms with Gasteiger partial charge in [0.2, 0.25) is 0 Å². The van der Waals surface area contributed by atoms with E-state index in [0.717, 1.165) is 12.8 Å². The fourth-order valence-electron chi connectivity index (χ4n) is 4.43. The summed E-state index contributed by atoms with van der Waals surface area (Å²) < 4.78 is 30.2. The van der Waals surface area contributed by atoms with E-state index < -0.39 is 12.0 Å². The smallest absolute Gasteiger partial charge is 0.273 e. The molecule has 158 valence electrons. The summed E-state index contributed by atoms with van der Waals surface area (Å²) in [6, 6.07) is 5.75. The highest BCUT2D eigenvalue weighted by Gasteiger charge is 2.41. The van der Waals surface area contributed by atoms with Gasteiger partial charge in [-0.1, -0.05) is 24.1 Å². The van der Waals surface area contributed by atoms with Crippen LogP contribution in [-0.2, 0) is 17.9 Å². The van der Waals surface area contributed by atoms with Crippen molar-refractivity contribution in [2.24, 2.45) is 0 Å². The minimum atomic E-state index is -2.83. The van der Waals surface area contributed by atoms with Gasteiger partial charge in [0.25, 0.3) is 11.5 Å². The second kappa shape index (κ2) is 6.61. The number of pyridine rings is 1. The van der Waals surface area contributed by atoms with Crippen LogP contribution in [0.2, 0.25) is 0 Å². The Hall–Kier alpha value is -3.27. The lowest BCUT2D eigenvalue weighted by Crippen LogP contribution is -2.27. The van der Waals surface area contributed by atoms with Crippen molar-refractivity contribution in [1.29, 1.82) is 0 Å². The van der Waals surface area contributed by atoms with E-state index >= 15 is 0 Å². The Kier molecular flexibility index (Phi) is 4.20. The van der Waals surface area contributed by atoms with Gasteiger partial charge in [-0.25, -0.2) is 18.7 Å². The van der Waals surface area contributed by atoms with E-state index in [1.807, 2.05) is 6.92 Å². The summed E-state index contributed by atoms with van der Waals surface area (Å²) in [6.07, 6.45) is 9.55. The normalized spacial score (nSPS) is 18.9. The maximum Gasteiger partial charge on any atom is 0.273 e. The van der Waals surface area contributed by atoms with E-state index in [1.165, 1.54) is 12.1 Å². The third-order valence-electron chi connectivity index (χ3n) is 6.45. The van der Waals surface area contributed by atoms with Crippen LogP contribution in [0.15, 0.2) is 35.3 Å². The van der Waals surface area contributed by atoms with Crippen LogP contribution in [-0.4, -0.2) is 14.5 Å². The fraction of sp³-hybridized carbons (Fsp3) is 0.375. The first-order valence-corrected chi connectivity index (χ1v) is 10.4. The van der Waals surface area contributed by atoms with Crippen molar-refractivity contribution in [1.82, 2.24) is 14.5 Å². The van der Waals surface area contributed by atoms with Gasteiger partial charge in [0.1, 0.15) is 17.7 Å². The van der Waals surface area contributed by atoms with Crippen LogP contribution < -0.4 is 10.9 Å². The number of rotatable bonds is 4. The number of hydrogen-bond donors (Lipinski definition) is 1. The third-order valence-corrected chi connectivity index (χ3v) is 6.45. The highest BCUT2D eigenvalue weighted by Crippen LogP contribution is 2.44. The Morgan fingerprint density at radius 3 is 2.74 bits per heavy atom. The number of halogens is 2. The number of aryl methyl sites for hydroxylation is 1. The molecular weight excluding hydrogens is 398 g/mol. The maximum atomic E-state index is 14.2. The van der Waals surface area contributed by atoms with Gasteiger partial charge in [-0.05, 0) is 44.2 Å². The number of alkyl halides is 2. The van der Waals surface area contributed by atoms with Crippen molar-refractivity contribution in [3.8, 4) is 12.3 Å². The van der Waals surface area contributed by atoms with Crippen LogP contribution in [0, 0.1) is 19.3 Å². The number of nitrogens with one attached hydrogen (secondary N) is 1. The summed E-state index contributed by atoms with van der Waals surface area (Å²) >= 11 is 0. The van der Waals surface area contributed by atoms with Gasteiger partial charge in [-0.2, -0.15) is 0 Å². The second-order valence-corrected chi connectivity index (χ2v) is 8.72. The summed E-state index contributed by atoms with van der Waals surface area (Å²) in [5.41, 5.74) is 1.54. The first-order chi connectivity index (χ1) is 14.7. The van der Waals surface area contributed by atoms with E-state index in [-0.39, 0.29) is 29.5 Å². The summed E-state index contributed by atoms with van der Waals surface area (Å²) in [4.78, 5) is 21.5. The van der Waals surface area contributed by atoms with Gasteiger partial charge < -0.3 is 9.88 Å². The molecule has 1 atom stereocenters. The van der Waals surface area contributed by atoms with Crippen LogP contribution in [0.1, 0.15) is 54.7 Å². The molecule has 2 aliphatic carbocycles. The molecule has 2 aromatic heterocycles. The molecule has 5 nitrogen and oxygen atoms in total. The monoisotopic (exact) mass is 420 g/mol. The quantitative estimate of drug-likeness (QED) is 0.635. The Balaban J connectivity index is 1.61. The Morgan fingerprint density at radius 1 is 1.26 bits per heavy atom. The average molecular weight is 420 g/mol. The largest absolute Gasteiger partial charge is 0.352 e. The molecule has 1 fully saturated rings. The van der Waals surface area contributed by atoms with Crippen LogP contribution in [0.25, 0.3) is 10.9 Å². The van der Waals surface area contributed by atoms with E-state index in [1.54, 1.807) is 29.8 Å². The topological polar surface area (TPSA) is 59.8 Å². The molecule has 0 amide bonds. The molecule has 1 N–H and O–H groups in total. The minimum absolute atomic E-state index is 0.0475. The molecular formula is C24H22F2N4O. The van der Waals surface area contributed by atoms with Gasteiger partial charge in [0.05, 0.1) is 10.9 Å². The first-order valence-electron chi connectivity index (χ1n) is 10.4. The summed E-state index contributed by atoms with van der Waals surface area (Å²) in [7, 11) is 0. The van der Waals surface area contributed by atoms with Crippen LogP contribution in [0.5, 0.6) is 0 Å². The number of anilines is 1. The Bertz CT molecular complexity index is 1320. The number of benzene rings is 1. The summed E-state index contributed by atoms with van der Waals surface area (Å²) in [5, 5.41) is 3.93. The molecule has 7 heteroatoms. The highest BCUT2D eigenvalue weighted by molar-refractivity contribution is 5.88. The Labute approximate surface area is 178 Å². The van der Waals surface area contributed by atoms with Crippen LogP contribution in [0.4, 0.5) is 14.6 Å². The molecule has 0 unspecified atom stereocenters. The maximum absolute atomic E-state index is 14.2. The van der Waals surface area contributed by atoms with E-state index in [2.05, 4.69) is 21.2 Å². The van der Waals surface area contributed by atoms with Crippen molar-refractivity contribution < 1.29 is 8.78 Å². The van der Waals surface area contributed by atoms with E-state index in [0.29, 0.717) is 33.7 Å². The second-order valence-electron chi connectivity index (χ2n) is 8.72. The minimum Gasteiger partial charge on any atom is -0.352 e. The Morgan fingerprint density at radius 2 is 2.03 bits per heavy atom. The molecule has 31 heavy (non-hydrogen) atoms. The van der Waals surface area contributed by atoms with Crippen LogP contribution >= 0.6 is 0 Å². The van der Waals surface area contributed by atoms with Gasteiger partial charge in [-0.15, -0.1) is 6.42 Å². The molecule has 0 bridgehead atoms. The molecule has 3 aromatic rings. The highest BCUT2D eigenvalue weighted by atomic mass is 19.3. The lowest BCUT2D eigenvalue weighted by atomic mass is 9.97. The molecule has 0 radical (unpaired) electrons. The van der Waals surface area contributed by atoms with E-state index in [9.17, 15) is 13.6 Å². The number of nitrogens with zero attached hydrogens (tertiary/aromatic N) is 3. The first kappa shape index (κ1) is 19.7. The number of fused-ring (bicyclic) bond motifs is 2. The SMILES string of the molecule is C#C[C@@H](Nc1nc(C)nc2cc(=O)n(C3(C)CC3)cc12)c1cccc2c1CCC2(F)F. The number of terminal acetylenes is 1. The van der Waals surface area contributed by atoms with Crippen molar-refractivity contribution >= 4 is 16.7 Å². The van der Waals surface area contributed by atoms with E-state index in [4.69, 9.17) is 6.42 Å². The van der Waals surface area contributed by atoms with Crippen molar-refractivity contribution in [2.75, 3.05) is 5.32 Å². The van der Waals surface area contributed by atoms with Crippen LogP contribution in [0.3, 0.4) is 0 Å². The average Bonchev–Trinajstić information content (AvgIpc) is 3.39. The van der Waals surface area contributed by atoms with Gasteiger partial charge >= 0.3 is 0 Å². The predicted molar refractivity (Wildman–Crippen MR) is 115 cm³/mol. The molecule has 1 aromatic carbocycles. The van der Waals surface area contributed by atoms with Gasteiger partial charge in [-0.3, -0.25) is 4.79 Å².